The van der Waals surface area contributed by atoms with Crippen molar-refractivity contribution in [3.8, 4) is 0 Å². The molecule has 136 valence electrons. The number of hydrogen-bond acceptors (Lipinski definition) is 6. The summed E-state index contributed by atoms with van der Waals surface area (Å²) in [6, 6.07) is 10.5. The lowest BCUT2D eigenvalue weighted by molar-refractivity contribution is 0.382. The molecule has 0 saturated heterocycles. The molecule has 0 radical (unpaired) electrons. The van der Waals surface area contributed by atoms with Crippen molar-refractivity contribution in [1.82, 2.24) is 24.9 Å². The Morgan fingerprint density at radius 1 is 1.19 bits per heavy atom. The first-order chi connectivity index (χ1) is 12.7. The highest BCUT2D eigenvalue weighted by atomic mass is 32.2. The van der Waals surface area contributed by atoms with E-state index in [0.717, 1.165) is 29.8 Å². The van der Waals surface area contributed by atoms with Crippen LogP contribution in [0.15, 0.2) is 40.0 Å². The van der Waals surface area contributed by atoms with Gasteiger partial charge in [-0.1, -0.05) is 61.1 Å². The van der Waals surface area contributed by atoms with Gasteiger partial charge in [0.2, 0.25) is 5.89 Å². The molecule has 7 heteroatoms. The molecule has 3 aromatic rings. The van der Waals surface area contributed by atoms with Crippen LogP contribution in [0.25, 0.3) is 0 Å². The topological polar surface area (TPSA) is 69.6 Å². The van der Waals surface area contributed by atoms with E-state index in [-0.39, 0.29) is 0 Å². The third kappa shape index (κ3) is 4.15. The molecule has 1 aliphatic rings. The summed E-state index contributed by atoms with van der Waals surface area (Å²) in [5.41, 5.74) is 1.26. The summed E-state index contributed by atoms with van der Waals surface area (Å²) < 4.78 is 7.61. The van der Waals surface area contributed by atoms with Crippen LogP contribution in [-0.4, -0.2) is 24.9 Å². The molecule has 2 heterocycles. The molecule has 0 spiro atoms. The van der Waals surface area contributed by atoms with Crippen LogP contribution >= 0.6 is 11.8 Å². The number of aromatic nitrogens is 5. The lowest BCUT2D eigenvalue weighted by Gasteiger charge is -2.09. The normalized spacial score (nSPS) is 14.3. The maximum atomic E-state index is 5.37. The van der Waals surface area contributed by atoms with Gasteiger partial charge in [-0.2, -0.15) is 4.98 Å². The first kappa shape index (κ1) is 17.3. The molecular weight excluding hydrogens is 346 g/mol. The summed E-state index contributed by atoms with van der Waals surface area (Å²) in [5, 5.41) is 13.9. The summed E-state index contributed by atoms with van der Waals surface area (Å²) in [7, 11) is 0. The van der Waals surface area contributed by atoms with E-state index in [1.165, 1.54) is 18.4 Å². The maximum Gasteiger partial charge on any atom is 0.237 e. The summed E-state index contributed by atoms with van der Waals surface area (Å²) in [6.07, 6.45) is 3.25. The molecule has 0 bridgehead atoms. The number of rotatable bonds is 8. The minimum absolute atomic E-state index is 0.517. The van der Waals surface area contributed by atoms with E-state index < -0.39 is 0 Å². The van der Waals surface area contributed by atoms with Crippen molar-refractivity contribution < 1.29 is 4.52 Å². The van der Waals surface area contributed by atoms with E-state index in [0.29, 0.717) is 23.5 Å². The van der Waals surface area contributed by atoms with E-state index in [1.54, 1.807) is 11.8 Å². The Kier molecular flexibility index (Phi) is 5.06. The molecule has 6 nitrogen and oxygen atoms in total. The molecular formula is C19H23N5OS. The summed E-state index contributed by atoms with van der Waals surface area (Å²) in [5.74, 6) is 4.21. The predicted molar refractivity (Wildman–Crippen MR) is 99.9 cm³/mol. The van der Waals surface area contributed by atoms with E-state index >= 15 is 0 Å². The Bertz CT molecular complexity index is 854. The molecule has 1 aromatic carbocycles. The first-order valence-electron chi connectivity index (χ1n) is 9.10. The van der Waals surface area contributed by atoms with Gasteiger partial charge in [-0.05, 0) is 24.3 Å². The summed E-state index contributed by atoms with van der Waals surface area (Å²) >= 11 is 1.61. The van der Waals surface area contributed by atoms with Crippen LogP contribution in [0.4, 0.5) is 0 Å². The molecule has 0 aliphatic heterocycles. The second-order valence-electron chi connectivity index (χ2n) is 7.18. The van der Waals surface area contributed by atoms with Crippen molar-refractivity contribution in [3.63, 3.8) is 0 Å². The summed E-state index contributed by atoms with van der Waals surface area (Å²) in [6.45, 7) is 5.09. The average Bonchev–Trinajstić information content (AvgIpc) is 3.25. The highest BCUT2D eigenvalue weighted by Crippen LogP contribution is 2.40. The Hall–Kier alpha value is -2.15. The van der Waals surface area contributed by atoms with E-state index in [1.807, 2.05) is 6.07 Å². The van der Waals surface area contributed by atoms with Gasteiger partial charge < -0.3 is 9.09 Å². The third-order valence-corrected chi connectivity index (χ3v) is 5.25. The van der Waals surface area contributed by atoms with Gasteiger partial charge in [0.05, 0.1) is 12.3 Å². The second-order valence-corrected chi connectivity index (χ2v) is 8.12. The van der Waals surface area contributed by atoms with Gasteiger partial charge in [0.1, 0.15) is 5.82 Å². The second kappa shape index (κ2) is 7.61. The fourth-order valence-corrected chi connectivity index (χ4v) is 3.67. The lowest BCUT2D eigenvalue weighted by atomic mass is 10.1. The van der Waals surface area contributed by atoms with Crippen molar-refractivity contribution in [2.45, 2.75) is 56.5 Å². The highest BCUT2D eigenvalue weighted by Gasteiger charge is 2.30. The number of thioether (sulfide) groups is 1. The minimum Gasteiger partial charge on any atom is -0.338 e. The van der Waals surface area contributed by atoms with Crippen LogP contribution in [0.2, 0.25) is 0 Å². The van der Waals surface area contributed by atoms with Crippen molar-refractivity contribution in [2.75, 3.05) is 0 Å². The molecule has 0 atom stereocenters. The standard InChI is InChI=1S/C19H23N5OS/c1-13(2)10-16-20-17(25-23-16)12-26-19-22-21-18(15-8-9-15)24(19)11-14-6-4-3-5-7-14/h3-7,13,15H,8-12H2,1-2H3. The third-order valence-electron chi connectivity index (χ3n) is 4.30. The largest absolute Gasteiger partial charge is 0.338 e. The molecule has 1 aliphatic carbocycles. The smallest absolute Gasteiger partial charge is 0.237 e. The Balaban J connectivity index is 1.48. The minimum atomic E-state index is 0.517. The zero-order valence-corrected chi connectivity index (χ0v) is 15.9. The van der Waals surface area contributed by atoms with Gasteiger partial charge in [0.25, 0.3) is 0 Å². The Morgan fingerprint density at radius 3 is 2.73 bits per heavy atom. The van der Waals surface area contributed by atoms with E-state index in [4.69, 9.17) is 4.52 Å². The molecule has 26 heavy (non-hydrogen) atoms. The van der Waals surface area contributed by atoms with Gasteiger partial charge in [0, 0.05) is 12.3 Å². The number of nitrogens with zero attached hydrogens (tertiary/aromatic N) is 5. The van der Waals surface area contributed by atoms with Crippen molar-refractivity contribution >= 4 is 11.8 Å². The average molecular weight is 369 g/mol. The molecule has 0 N–H and O–H groups in total. The molecule has 2 aromatic heterocycles. The lowest BCUT2D eigenvalue weighted by Crippen LogP contribution is -2.06. The fourth-order valence-electron chi connectivity index (χ4n) is 2.89. The van der Waals surface area contributed by atoms with Crippen molar-refractivity contribution in [1.29, 1.82) is 0 Å². The molecule has 0 unspecified atom stereocenters. The molecule has 0 amide bonds. The monoisotopic (exact) mass is 369 g/mol. The number of benzene rings is 1. The Morgan fingerprint density at radius 2 is 2.00 bits per heavy atom. The van der Waals surface area contributed by atoms with Crippen molar-refractivity contribution in [3.05, 3.63) is 53.4 Å². The summed E-state index contributed by atoms with van der Waals surface area (Å²) in [4.78, 5) is 4.48. The fraction of sp³-hybridized carbons (Fsp3) is 0.474. The van der Waals surface area contributed by atoms with Gasteiger partial charge in [-0.25, -0.2) is 0 Å². The Labute approximate surface area is 157 Å². The van der Waals surface area contributed by atoms with Crippen molar-refractivity contribution in [2.24, 2.45) is 5.92 Å². The molecule has 4 rings (SSSR count). The van der Waals surface area contributed by atoms with Gasteiger partial charge in [0.15, 0.2) is 11.0 Å². The SMILES string of the molecule is CC(C)Cc1noc(CSc2nnc(C3CC3)n2Cc2ccccc2)n1. The quantitative estimate of drug-likeness (QED) is 0.557. The zero-order valence-electron chi connectivity index (χ0n) is 15.1. The van der Waals surface area contributed by atoms with Crippen LogP contribution in [0.5, 0.6) is 0 Å². The predicted octanol–water partition coefficient (Wildman–Crippen LogP) is 4.08. The number of hydrogen-bond donors (Lipinski definition) is 0. The highest BCUT2D eigenvalue weighted by molar-refractivity contribution is 7.98. The molecule has 1 fully saturated rings. The zero-order chi connectivity index (χ0) is 17.9. The van der Waals surface area contributed by atoms with Gasteiger partial charge >= 0.3 is 0 Å². The maximum absolute atomic E-state index is 5.37. The van der Waals surface area contributed by atoms with Crippen LogP contribution in [0, 0.1) is 5.92 Å². The van der Waals surface area contributed by atoms with Crippen LogP contribution in [0.1, 0.15) is 55.7 Å². The van der Waals surface area contributed by atoms with E-state index in [2.05, 4.69) is 63.0 Å². The van der Waals surface area contributed by atoms with E-state index in [9.17, 15) is 0 Å². The first-order valence-corrected chi connectivity index (χ1v) is 10.1. The van der Waals surface area contributed by atoms with Gasteiger partial charge in [-0.3, -0.25) is 0 Å². The van der Waals surface area contributed by atoms with Gasteiger partial charge in [-0.15, -0.1) is 10.2 Å². The van der Waals surface area contributed by atoms with Crippen LogP contribution in [0.3, 0.4) is 0 Å². The molecule has 1 saturated carbocycles. The van der Waals surface area contributed by atoms with Crippen LogP contribution in [-0.2, 0) is 18.7 Å². The van der Waals surface area contributed by atoms with Crippen LogP contribution < -0.4 is 0 Å².